The largest absolute Gasteiger partial charge is 0.342 e. The zero-order valence-electron chi connectivity index (χ0n) is 11.2. The number of benzene rings is 1. The molecule has 0 aliphatic rings. The van der Waals surface area contributed by atoms with Crippen molar-refractivity contribution in [2.45, 2.75) is 19.8 Å². The van der Waals surface area contributed by atoms with Gasteiger partial charge in [-0.25, -0.2) is 4.98 Å². The second-order valence-corrected chi connectivity index (χ2v) is 4.63. The second-order valence-electron chi connectivity index (χ2n) is 4.63. The summed E-state index contributed by atoms with van der Waals surface area (Å²) in [4.78, 5) is 7.68. The molecular formula is C14H22N4. The van der Waals surface area contributed by atoms with Crippen molar-refractivity contribution in [2.24, 2.45) is 0 Å². The lowest BCUT2D eigenvalue weighted by molar-refractivity contribution is 0.625. The molecule has 0 aliphatic carbocycles. The smallest absolute Gasteiger partial charge is 0.104 e. The van der Waals surface area contributed by atoms with Crippen LogP contribution in [0, 0.1) is 6.92 Å². The molecule has 0 amide bonds. The molecule has 0 atom stereocenters. The first kappa shape index (κ1) is 13.1. The van der Waals surface area contributed by atoms with Crippen molar-refractivity contribution in [1.82, 2.24) is 20.6 Å². The maximum absolute atomic E-state index is 4.41. The topological polar surface area (TPSA) is 52.7 Å². The average Bonchev–Trinajstić information content (AvgIpc) is 2.73. The maximum atomic E-state index is 4.41. The number of hydrogen-bond acceptors (Lipinski definition) is 3. The number of fused-ring (bicyclic) bond motifs is 1. The van der Waals surface area contributed by atoms with Gasteiger partial charge in [0, 0.05) is 0 Å². The first-order valence-corrected chi connectivity index (χ1v) is 6.60. The van der Waals surface area contributed by atoms with E-state index in [0.29, 0.717) is 0 Å². The Labute approximate surface area is 108 Å². The highest BCUT2D eigenvalue weighted by molar-refractivity contribution is 5.75. The molecule has 0 spiro atoms. The van der Waals surface area contributed by atoms with Gasteiger partial charge >= 0.3 is 0 Å². The monoisotopic (exact) mass is 246 g/mol. The fraction of sp³-hybridized carbons (Fsp3) is 0.500. The van der Waals surface area contributed by atoms with Gasteiger partial charge in [-0.05, 0) is 64.1 Å². The summed E-state index contributed by atoms with van der Waals surface area (Å²) in [5.74, 6) is 0.979. The molecule has 18 heavy (non-hydrogen) atoms. The van der Waals surface area contributed by atoms with Gasteiger partial charge in [0.05, 0.1) is 11.0 Å². The summed E-state index contributed by atoms with van der Waals surface area (Å²) in [7, 11) is 1.99. The van der Waals surface area contributed by atoms with Crippen molar-refractivity contribution >= 4 is 11.0 Å². The SMILES string of the molecule is CNCCCNCCc1ccc2nc(C)[nH]c2c1. The summed E-state index contributed by atoms with van der Waals surface area (Å²) in [6.07, 6.45) is 2.24. The predicted octanol–water partition coefficient (Wildman–Crippen LogP) is 1.61. The van der Waals surface area contributed by atoms with Crippen LogP contribution in [0.1, 0.15) is 17.8 Å². The fourth-order valence-corrected chi connectivity index (χ4v) is 2.09. The number of aromatic amines is 1. The third-order valence-corrected chi connectivity index (χ3v) is 3.04. The molecule has 4 nitrogen and oxygen atoms in total. The number of nitrogens with zero attached hydrogens (tertiary/aromatic N) is 1. The van der Waals surface area contributed by atoms with E-state index in [1.54, 1.807) is 0 Å². The van der Waals surface area contributed by atoms with Gasteiger partial charge in [-0.15, -0.1) is 0 Å². The number of aryl methyl sites for hydroxylation is 1. The van der Waals surface area contributed by atoms with Crippen LogP contribution >= 0.6 is 0 Å². The standard InChI is InChI=1S/C14H22N4/c1-11-17-13-5-4-12(10-14(13)18-11)6-9-16-8-3-7-15-2/h4-5,10,15-16H,3,6-9H2,1-2H3,(H,17,18). The summed E-state index contributed by atoms with van der Waals surface area (Å²) in [6, 6.07) is 6.46. The molecule has 4 heteroatoms. The molecule has 0 saturated heterocycles. The van der Waals surface area contributed by atoms with Gasteiger partial charge in [0.2, 0.25) is 0 Å². The second kappa shape index (κ2) is 6.52. The van der Waals surface area contributed by atoms with Crippen LogP contribution in [0.5, 0.6) is 0 Å². The Kier molecular flexibility index (Phi) is 4.73. The molecule has 1 heterocycles. The summed E-state index contributed by atoms with van der Waals surface area (Å²) in [5.41, 5.74) is 3.55. The molecule has 0 radical (unpaired) electrons. The Morgan fingerprint density at radius 2 is 2.11 bits per heavy atom. The Balaban J connectivity index is 1.80. The molecule has 0 saturated carbocycles. The molecule has 3 N–H and O–H groups in total. The molecule has 0 bridgehead atoms. The zero-order valence-corrected chi connectivity index (χ0v) is 11.2. The zero-order chi connectivity index (χ0) is 12.8. The molecule has 1 aromatic carbocycles. The number of rotatable bonds is 7. The van der Waals surface area contributed by atoms with E-state index in [4.69, 9.17) is 0 Å². The first-order chi connectivity index (χ1) is 8.79. The quantitative estimate of drug-likeness (QED) is 0.651. The van der Waals surface area contributed by atoms with E-state index in [9.17, 15) is 0 Å². The van der Waals surface area contributed by atoms with Crippen LogP contribution in [0.25, 0.3) is 11.0 Å². The molecule has 0 aliphatic heterocycles. The van der Waals surface area contributed by atoms with E-state index < -0.39 is 0 Å². The van der Waals surface area contributed by atoms with Gasteiger partial charge in [0.25, 0.3) is 0 Å². The fourth-order valence-electron chi connectivity index (χ4n) is 2.09. The van der Waals surface area contributed by atoms with Crippen LogP contribution in [0.2, 0.25) is 0 Å². The first-order valence-electron chi connectivity index (χ1n) is 6.60. The van der Waals surface area contributed by atoms with E-state index >= 15 is 0 Å². The lowest BCUT2D eigenvalue weighted by atomic mass is 10.1. The predicted molar refractivity (Wildman–Crippen MR) is 75.9 cm³/mol. The van der Waals surface area contributed by atoms with Crippen LogP contribution in [-0.4, -0.2) is 36.6 Å². The minimum absolute atomic E-state index is 0.979. The van der Waals surface area contributed by atoms with Gasteiger partial charge < -0.3 is 15.6 Å². The van der Waals surface area contributed by atoms with Crippen LogP contribution in [-0.2, 0) is 6.42 Å². The third-order valence-electron chi connectivity index (χ3n) is 3.04. The summed E-state index contributed by atoms with van der Waals surface area (Å²) in [6.45, 7) is 5.17. The van der Waals surface area contributed by atoms with E-state index in [-0.39, 0.29) is 0 Å². The normalized spacial score (nSPS) is 11.2. The highest BCUT2D eigenvalue weighted by Gasteiger charge is 2.00. The number of aromatic nitrogens is 2. The van der Waals surface area contributed by atoms with Crippen LogP contribution in [0.3, 0.4) is 0 Å². The number of hydrogen-bond donors (Lipinski definition) is 3. The van der Waals surface area contributed by atoms with Gasteiger partial charge in [0.15, 0.2) is 0 Å². The molecule has 2 rings (SSSR count). The minimum atomic E-state index is 0.979. The Hall–Kier alpha value is -1.39. The van der Waals surface area contributed by atoms with Crippen LogP contribution in [0.4, 0.5) is 0 Å². The van der Waals surface area contributed by atoms with Crippen molar-refractivity contribution in [3.63, 3.8) is 0 Å². The third kappa shape index (κ3) is 3.55. The van der Waals surface area contributed by atoms with Gasteiger partial charge in [0.1, 0.15) is 5.82 Å². The molecule has 2 aromatic rings. The van der Waals surface area contributed by atoms with Crippen LogP contribution < -0.4 is 10.6 Å². The lowest BCUT2D eigenvalue weighted by Gasteiger charge is -2.04. The molecule has 0 fully saturated rings. The number of imidazole rings is 1. The van der Waals surface area contributed by atoms with E-state index in [2.05, 4.69) is 38.8 Å². The molecule has 1 aromatic heterocycles. The van der Waals surface area contributed by atoms with Gasteiger partial charge in [-0.3, -0.25) is 0 Å². The Morgan fingerprint density at radius 3 is 2.94 bits per heavy atom. The Morgan fingerprint density at radius 1 is 1.22 bits per heavy atom. The molecular weight excluding hydrogens is 224 g/mol. The highest BCUT2D eigenvalue weighted by Crippen LogP contribution is 2.13. The molecule has 0 unspecified atom stereocenters. The summed E-state index contributed by atoms with van der Waals surface area (Å²) >= 11 is 0. The summed E-state index contributed by atoms with van der Waals surface area (Å²) in [5, 5.41) is 6.60. The molecule has 98 valence electrons. The van der Waals surface area contributed by atoms with Crippen molar-refractivity contribution in [3.05, 3.63) is 29.6 Å². The van der Waals surface area contributed by atoms with Gasteiger partial charge in [-0.2, -0.15) is 0 Å². The number of nitrogens with one attached hydrogen (secondary N) is 3. The maximum Gasteiger partial charge on any atom is 0.104 e. The lowest BCUT2D eigenvalue weighted by Crippen LogP contribution is -2.21. The Bertz CT molecular complexity index is 489. The number of H-pyrrole nitrogens is 1. The van der Waals surface area contributed by atoms with Crippen molar-refractivity contribution in [1.29, 1.82) is 0 Å². The minimum Gasteiger partial charge on any atom is -0.342 e. The highest BCUT2D eigenvalue weighted by atomic mass is 14.9. The van der Waals surface area contributed by atoms with E-state index in [0.717, 1.165) is 42.9 Å². The van der Waals surface area contributed by atoms with Crippen molar-refractivity contribution in [3.8, 4) is 0 Å². The van der Waals surface area contributed by atoms with E-state index in [1.807, 2.05) is 14.0 Å². The summed E-state index contributed by atoms with van der Waals surface area (Å²) < 4.78 is 0. The van der Waals surface area contributed by atoms with Crippen molar-refractivity contribution < 1.29 is 0 Å². The van der Waals surface area contributed by atoms with Crippen molar-refractivity contribution in [2.75, 3.05) is 26.7 Å². The van der Waals surface area contributed by atoms with E-state index in [1.165, 1.54) is 12.0 Å². The average molecular weight is 246 g/mol. The van der Waals surface area contributed by atoms with Crippen LogP contribution in [0.15, 0.2) is 18.2 Å². The van der Waals surface area contributed by atoms with Gasteiger partial charge in [-0.1, -0.05) is 6.07 Å².